The SMILES string of the molecule is NCCCC[C@@H]1NC(=O)CCSCc2cccc(c2)CSC[C@@H](C(N)=O)NC(=O)[C@@H]2CCCN2C(=O)[C@H](CC2CCCCC2)NC(=O)[C@H](CC2CNCN2)NC(=O)[C@H](CC(=O)O)NC(=O)[C@H](Cc2c[nH]c3ccc(F)cc23)NC(=O)[C@H](Cc2c[nH]c3ccc(F)cc23)NC(=O)CNC1=O. The molecule has 0 spiro atoms. The maximum Gasteiger partial charge on any atom is 0.305 e. The van der Waals surface area contributed by atoms with E-state index < -0.39 is 150 Å². The van der Waals surface area contributed by atoms with Gasteiger partial charge in [0.15, 0.2) is 0 Å². The van der Waals surface area contributed by atoms with Crippen LogP contribution >= 0.6 is 23.5 Å². The number of unbranched alkanes of at least 4 members (excludes halogenated alkanes) is 1. The summed E-state index contributed by atoms with van der Waals surface area (Å²) in [7, 11) is 0. The molecule has 2 bridgehead atoms. The minimum absolute atomic E-state index is 0.0100. The van der Waals surface area contributed by atoms with Crippen LogP contribution in [0.25, 0.3) is 21.8 Å². The minimum Gasteiger partial charge on any atom is -0.481 e. The topological polar surface area (TPSA) is 415 Å². The number of thioether (sulfide) groups is 2. The van der Waals surface area contributed by atoms with Crippen LogP contribution in [0.5, 0.6) is 0 Å². The molecule has 9 rings (SSSR count). The van der Waals surface area contributed by atoms with E-state index in [9.17, 15) is 47.4 Å². The first kappa shape index (κ1) is 74.6. The lowest BCUT2D eigenvalue weighted by Gasteiger charge is -2.33. The third-order valence-corrected chi connectivity index (χ3v) is 20.5. The molecule has 3 aromatic carbocycles. The summed E-state index contributed by atoms with van der Waals surface area (Å²) in [5.74, 6) is -9.52. The van der Waals surface area contributed by atoms with Gasteiger partial charge in [0.1, 0.15) is 60.0 Å². The number of H-pyrrole nitrogens is 2. The highest BCUT2D eigenvalue weighted by atomic mass is 32.2. The number of amides is 10. The predicted molar refractivity (Wildman–Crippen MR) is 369 cm³/mol. The number of carbonyl (C=O) groups excluding carboxylic acids is 10. The first-order chi connectivity index (χ1) is 47.7. The summed E-state index contributed by atoms with van der Waals surface area (Å²) in [6, 6.07) is 3.77. The summed E-state index contributed by atoms with van der Waals surface area (Å²) in [5.41, 5.74) is 15.1. The molecule has 5 aromatic rings. The van der Waals surface area contributed by atoms with E-state index in [0.717, 1.165) is 43.2 Å². The van der Waals surface area contributed by atoms with E-state index in [1.807, 2.05) is 24.3 Å². The normalized spacial score (nSPS) is 24.9. The van der Waals surface area contributed by atoms with E-state index in [4.69, 9.17) is 11.5 Å². The maximum atomic E-state index is 15.1. The van der Waals surface area contributed by atoms with Gasteiger partial charge in [0, 0.05) is 102 Å². The van der Waals surface area contributed by atoms with E-state index >= 15 is 19.2 Å². The quantitative estimate of drug-likeness (QED) is 0.0664. The van der Waals surface area contributed by atoms with Gasteiger partial charge in [0.05, 0.1) is 13.0 Å². The summed E-state index contributed by atoms with van der Waals surface area (Å²) >= 11 is 2.85. The second-order valence-corrected chi connectivity index (χ2v) is 27.9. The molecule has 3 fully saturated rings. The largest absolute Gasteiger partial charge is 0.481 e. The van der Waals surface area contributed by atoms with E-state index in [2.05, 4.69) is 63.1 Å². The van der Waals surface area contributed by atoms with Crippen LogP contribution in [-0.2, 0) is 77.1 Å². The van der Waals surface area contributed by atoms with Crippen molar-refractivity contribution in [2.24, 2.45) is 17.4 Å². The molecule has 1 unspecified atom stereocenters. The molecule has 99 heavy (non-hydrogen) atoms. The van der Waals surface area contributed by atoms with Gasteiger partial charge < -0.3 is 84.6 Å². The number of hydrogen-bond acceptors (Lipinski definition) is 16. The van der Waals surface area contributed by atoms with Gasteiger partial charge >= 0.3 is 5.97 Å². The van der Waals surface area contributed by atoms with Crippen LogP contribution in [0, 0.1) is 17.6 Å². The average molecular weight is 1410 g/mol. The van der Waals surface area contributed by atoms with Crippen molar-refractivity contribution in [3.63, 3.8) is 0 Å². The number of nitrogens with two attached hydrogens (primary N) is 2. The number of carbonyl (C=O) groups is 11. The van der Waals surface area contributed by atoms with Crippen molar-refractivity contribution in [1.82, 2.24) is 68.0 Å². The Morgan fingerprint density at radius 2 is 1.22 bits per heavy atom. The lowest BCUT2D eigenvalue weighted by Crippen LogP contribution is -2.61. The van der Waals surface area contributed by atoms with Crippen LogP contribution in [0.15, 0.2) is 73.1 Å². The fraction of sp³-hybridized carbons (Fsp3) is 0.515. The molecule has 10 amide bonds. The number of primary amides is 1. The zero-order chi connectivity index (χ0) is 70.5. The molecule has 31 heteroatoms. The van der Waals surface area contributed by atoms with E-state index in [-0.39, 0.29) is 62.3 Å². The molecular formula is C68H89F2N15O12S2. The number of aromatic nitrogens is 2. The molecule has 5 heterocycles. The average Bonchev–Trinajstić information content (AvgIpc) is 1.75. The molecule has 17 N–H and O–H groups in total. The van der Waals surface area contributed by atoms with Crippen LogP contribution in [0.1, 0.15) is 112 Å². The van der Waals surface area contributed by atoms with Gasteiger partial charge in [0.2, 0.25) is 59.1 Å². The van der Waals surface area contributed by atoms with Crippen molar-refractivity contribution >= 4 is 110 Å². The number of benzene rings is 3. The molecule has 2 aromatic heterocycles. The number of aromatic amines is 2. The minimum atomic E-state index is -1.96. The summed E-state index contributed by atoms with van der Waals surface area (Å²) in [6.07, 6.45) is 7.29. The number of halogens is 2. The van der Waals surface area contributed by atoms with Crippen LogP contribution in [0.3, 0.4) is 0 Å². The van der Waals surface area contributed by atoms with Crippen LogP contribution in [0.2, 0.25) is 0 Å². The Kier molecular flexibility index (Phi) is 27.4. The van der Waals surface area contributed by atoms with E-state index in [1.54, 1.807) is 0 Å². The lowest BCUT2D eigenvalue weighted by molar-refractivity contribution is -0.143. The number of nitrogens with zero attached hydrogens (tertiary/aromatic N) is 1. The number of rotatable bonds is 15. The van der Waals surface area contributed by atoms with Gasteiger partial charge in [-0.1, -0.05) is 56.4 Å². The van der Waals surface area contributed by atoms with Crippen molar-refractivity contribution in [3.8, 4) is 0 Å². The zero-order valence-corrected chi connectivity index (χ0v) is 56.6. The Morgan fingerprint density at radius 3 is 1.86 bits per heavy atom. The molecule has 9 atom stereocenters. The fourth-order valence-corrected chi connectivity index (χ4v) is 15.1. The second-order valence-electron chi connectivity index (χ2n) is 25.8. The smallest absolute Gasteiger partial charge is 0.305 e. The molecule has 534 valence electrons. The van der Waals surface area contributed by atoms with Crippen LogP contribution in [0.4, 0.5) is 8.78 Å². The number of hydrogen-bond donors (Lipinski definition) is 15. The van der Waals surface area contributed by atoms with Crippen molar-refractivity contribution < 1.29 is 66.6 Å². The highest BCUT2D eigenvalue weighted by Gasteiger charge is 2.42. The lowest BCUT2D eigenvalue weighted by atomic mass is 9.84. The molecule has 2 saturated heterocycles. The summed E-state index contributed by atoms with van der Waals surface area (Å²) in [5, 5.41) is 38.8. The fourth-order valence-electron chi connectivity index (χ4n) is 13.2. The Labute approximate surface area is 579 Å². The standard InChI is InChI=1S/C68H89F2N15O12S2/c69-43-14-16-48-46(26-43)41(30-74-48)24-51-63(92)80-52(25-42-31-75-49-17-15-44(70)27-47(42)49)64(93)82-54(29-60(88)89)66(95)81-53(28-45-32-73-37-77-45)65(94)83-55(23-38-8-2-1-3-9-38)68(97)85-20-7-13-57(85)67(96)84-56(61(72)90)36-99-35-40-11-6-10-39(22-40)34-98-21-18-58(86)78-50(12-4-5-19-71)62(91)76-33-59(87)79-51/h6,10-11,14-17,22,26-27,30-31,38,45,50-57,73-75,77H,1-5,7-9,12-13,18-21,23-25,28-29,32-37,71H2,(H2,72,90)(H,76,91)(H,78,86)(H,79,87)(H,80,92)(H,81,95)(H,82,93)(H,83,94)(H,84,96)(H,88,89)/t45?,50-,51-,52-,53-,54-,55-,56-,57-/m0/s1. The predicted octanol–water partition coefficient (Wildman–Crippen LogP) is 1.75. The Balaban J connectivity index is 1.04. The van der Waals surface area contributed by atoms with Gasteiger partial charge in [-0.05, 0) is 116 Å². The summed E-state index contributed by atoms with van der Waals surface area (Å²) in [4.78, 5) is 164. The molecule has 4 aliphatic rings. The number of aliphatic carboxylic acids is 1. The second kappa shape index (κ2) is 36.4. The van der Waals surface area contributed by atoms with Crippen LogP contribution in [-0.4, -0.2) is 184 Å². The molecule has 1 aliphatic carbocycles. The Hall–Kier alpha value is -8.65. The number of nitrogens with one attached hydrogen (secondary N) is 12. The highest BCUT2D eigenvalue weighted by molar-refractivity contribution is 7.98. The molecule has 3 aliphatic heterocycles. The van der Waals surface area contributed by atoms with E-state index in [1.165, 1.54) is 77.2 Å². The van der Waals surface area contributed by atoms with Crippen molar-refractivity contribution in [2.45, 2.75) is 169 Å². The van der Waals surface area contributed by atoms with Crippen molar-refractivity contribution in [1.29, 1.82) is 0 Å². The Morgan fingerprint density at radius 1 is 0.616 bits per heavy atom. The molecule has 0 radical (unpaired) electrons. The third-order valence-electron chi connectivity index (χ3n) is 18.4. The van der Waals surface area contributed by atoms with Crippen molar-refractivity contribution in [2.75, 3.05) is 44.4 Å². The van der Waals surface area contributed by atoms with Gasteiger partial charge in [0.25, 0.3) is 0 Å². The molecular weight excluding hydrogens is 1320 g/mol. The van der Waals surface area contributed by atoms with Gasteiger partial charge in [-0.15, -0.1) is 0 Å². The maximum absolute atomic E-state index is 15.1. The third kappa shape index (κ3) is 21.7. The number of carboxylic acids is 1. The number of carboxylic acid groups (broad SMARTS) is 1. The summed E-state index contributed by atoms with van der Waals surface area (Å²) < 4.78 is 29.8. The molecule has 27 nitrogen and oxygen atoms in total. The van der Waals surface area contributed by atoms with Crippen molar-refractivity contribution in [3.05, 3.63) is 107 Å². The first-order valence-corrected chi connectivity index (χ1v) is 36.1. The Bertz CT molecular complexity index is 3720. The van der Waals surface area contributed by atoms with Gasteiger partial charge in [-0.3, -0.25) is 52.7 Å². The first-order valence-electron chi connectivity index (χ1n) is 33.8. The highest BCUT2D eigenvalue weighted by Crippen LogP contribution is 2.30. The monoisotopic (exact) mass is 1410 g/mol. The van der Waals surface area contributed by atoms with E-state index in [0.29, 0.717) is 83.6 Å². The van der Waals surface area contributed by atoms with Gasteiger partial charge in [-0.2, -0.15) is 23.5 Å². The van der Waals surface area contributed by atoms with Crippen LogP contribution < -0.4 is 64.6 Å². The summed E-state index contributed by atoms with van der Waals surface area (Å²) in [6.45, 7) is 0.409. The molecule has 1 saturated carbocycles. The van der Waals surface area contributed by atoms with Gasteiger partial charge in [-0.25, -0.2) is 8.78 Å². The number of fused-ring (bicyclic) bond motifs is 5. The zero-order valence-electron chi connectivity index (χ0n) is 55.0.